The van der Waals surface area contributed by atoms with E-state index in [2.05, 4.69) is 5.16 Å². The Morgan fingerprint density at radius 2 is 2.16 bits per heavy atom. The van der Waals surface area contributed by atoms with Crippen LogP contribution in [0.2, 0.25) is 5.02 Å². The quantitative estimate of drug-likeness (QED) is 0.760. The zero-order valence-electron chi connectivity index (χ0n) is 9.56. The van der Waals surface area contributed by atoms with E-state index >= 15 is 0 Å². The molecule has 0 fully saturated rings. The Balaban J connectivity index is 2.18. The molecule has 2 N–H and O–H groups in total. The first-order valence-corrected chi connectivity index (χ1v) is 6.67. The molecule has 0 saturated carbocycles. The lowest BCUT2D eigenvalue weighted by Crippen LogP contribution is -1.87. The van der Waals surface area contributed by atoms with Crippen molar-refractivity contribution >= 4 is 28.8 Å². The lowest BCUT2D eigenvalue weighted by molar-refractivity contribution is 0.439. The standard InChI is InChI=1S/C13H8ClFN2OS/c14-8-4-3-7(6-9(8)15)12-11(13(16)18-17-12)10-2-1-5-19-10/h1-6H,16H2. The van der Waals surface area contributed by atoms with E-state index in [4.69, 9.17) is 21.9 Å². The molecular weight excluding hydrogens is 287 g/mol. The molecule has 0 saturated heterocycles. The number of nitrogens with zero attached hydrogens (tertiary/aromatic N) is 1. The maximum atomic E-state index is 13.5. The van der Waals surface area contributed by atoms with Gasteiger partial charge in [0, 0.05) is 10.4 Å². The molecule has 96 valence electrons. The zero-order valence-corrected chi connectivity index (χ0v) is 11.1. The Kier molecular flexibility index (Phi) is 3.00. The molecule has 3 nitrogen and oxygen atoms in total. The number of halogens is 2. The predicted octanol–water partition coefficient (Wildman–Crippen LogP) is 4.44. The summed E-state index contributed by atoms with van der Waals surface area (Å²) in [4.78, 5) is 0.920. The topological polar surface area (TPSA) is 52.0 Å². The number of anilines is 1. The van der Waals surface area contributed by atoms with Crippen LogP contribution in [0.15, 0.2) is 40.2 Å². The molecule has 0 aliphatic rings. The molecule has 3 aromatic rings. The fraction of sp³-hybridized carbons (Fsp3) is 0. The number of benzene rings is 1. The third-order valence-electron chi connectivity index (χ3n) is 2.68. The van der Waals surface area contributed by atoms with E-state index in [-0.39, 0.29) is 10.9 Å². The first kappa shape index (κ1) is 12.2. The Morgan fingerprint density at radius 3 is 2.84 bits per heavy atom. The first-order chi connectivity index (χ1) is 9.16. The van der Waals surface area contributed by atoms with E-state index in [1.54, 1.807) is 6.07 Å². The van der Waals surface area contributed by atoms with Gasteiger partial charge in [0.25, 0.3) is 0 Å². The minimum atomic E-state index is -0.502. The second-order valence-electron chi connectivity index (χ2n) is 3.88. The molecule has 0 unspecified atom stereocenters. The summed E-state index contributed by atoms with van der Waals surface area (Å²) in [6.07, 6.45) is 0. The zero-order chi connectivity index (χ0) is 13.4. The molecule has 0 radical (unpaired) electrons. The SMILES string of the molecule is Nc1onc(-c2ccc(Cl)c(F)c2)c1-c1cccs1. The van der Waals surface area contributed by atoms with Gasteiger partial charge in [-0.25, -0.2) is 4.39 Å². The van der Waals surface area contributed by atoms with Crippen molar-refractivity contribution in [2.75, 3.05) is 5.73 Å². The van der Waals surface area contributed by atoms with Gasteiger partial charge >= 0.3 is 0 Å². The fourth-order valence-corrected chi connectivity index (χ4v) is 2.70. The summed E-state index contributed by atoms with van der Waals surface area (Å²) < 4.78 is 18.5. The van der Waals surface area contributed by atoms with E-state index in [0.717, 1.165) is 4.88 Å². The van der Waals surface area contributed by atoms with Gasteiger partial charge < -0.3 is 10.3 Å². The van der Waals surface area contributed by atoms with Gasteiger partial charge in [0.2, 0.25) is 5.88 Å². The predicted molar refractivity (Wildman–Crippen MR) is 74.6 cm³/mol. The van der Waals surface area contributed by atoms with Crippen molar-refractivity contribution in [1.29, 1.82) is 0 Å². The number of rotatable bonds is 2. The smallest absolute Gasteiger partial charge is 0.231 e. The minimum absolute atomic E-state index is 0.0675. The third kappa shape index (κ3) is 2.11. The molecule has 3 rings (SSSR count). The maximum absolute atomic E-state index is 13.5. The average molecular weight is 295 g/mol. The van der Waals surface area contributed by atoms with Crippen LogP contribution in [0, 0.1) is 5.82 Å². The lowest BCUT2D eigenvalue weighted by atomic mass is 10.1. The van der Waals surface area contributed by atoms with Gasteiger partial charge in [-0.15, -0.1) is 11.3 Å². The number of aromatic nitrogens is 1. The minimum Gasteiger partial charge on any atom is -0.367 e. The largest absolute Gasteiger partial charge is 0.367 e. The van der Waals surface area contributed by atoms with Crippen molar-refractivity contribution in [3.8, 4) is 21.7 Å². The molecular formula is C13H8ClFN2OS. The molecule has 0 aliphatic carbocycles. The van der Waals surface area contributed by atoms with Crippen LogP contribution in [0.4, 0.5) is 10.3 Å². The summed E-state index contributed by atoms with van der Waals surface area (Å²) in [6.45, 7) is 0. The highest BCUT2D eigenvalue weighted by atomic mass is 35.5. The van der Waals surface area contributed by atoms with Gasteiger partial charge in [-0.2, -0.15) is 0 Å². The van der Waals surface area contributed by atoms with Crippen LogP contribution in [-0.4, -0.2) is 5.16 Å². The Morgan fingerprint density at radius 1 is 1.32 bits per heavy atom. The van der Waals surface area contributed by atoms with Crippen LogP contribution < -0.4 is 5.73 Å². The molecule has 0 bridgehead atoms. The summed E-state index contributed by atoms with van der Waals surface area (Å²) >= 11 is 7.18. The van der Waals surface area contributed by atoms with E-state index < -0.39 is 5.82 Å². The highest BCUT2D eigenvalue weighted by Crippen LogP contribution is 2.38. The Labute approximate surface area is 117 Å². The van der Waals surface area contributed by atoms with Crippen molar-refractivity contribution in [1.82, 2.24) is 5.16 Å². The second-order valence-corrected chi connectivity index (χ2v) is 5.23. The number of hydrogen-bond donors (Lipinski definition) is 1. The number of nitrogens with two attached hydrogens (primary N) is 1. The molecule has 2 heterocycles. The molecule has 1 aromatic carbocycles. The van der Waals surface area contributed by atoms with Gasteiger partial charge in [-0.05, 0) is 23.6 Å². The fourth-order valence-electron chi connectivity index (χ4n) is 1.80. The Hall–Kier alpha value is -1.85. The van der Waals surface area contributed by atoms with E-state index in [9.17, 15) is 4.39 Å². The average Bonchev–Trinajstić information content (AvgIpc) is 3.01. The molecule has 2 aromatic heterocycles. The summed E-state index contributed by atoms with van der Waals surface area (Å²) in [6, 6.07) is 8.29. The molecule has 0 aliphatic heterocycles. The van der Waals surface area contributed by atoms with Crippen molar-refractivity contribution in [3.05, 3.63) is 46.6 Å². The van der Waals surface area contributed by atoms with Crippen LogP contribution in [0.3, 0.4) is 0 Å². The van der Waals surface area contributed by atoms with Crippen molar-refractivity contribution in [2.45, 2.75) is 0 Å². The molecule has 0 amide bonds. The molecule has 0 spiro atoms. The first-order valence-electron chi connectivity index (χ1n) is 5.41. The highest BCUT2D eigenvalue weighted by molar-refractivity contribution is 7.13. The summed E-state index contributed by atoms with van der Waals surface area (Å²) in [5, 5.41) is 5.90. The summed E-state index contributed by atoms with van der Waals surface area (Å²) in [5.41, 5.74) is 7.56. The molecule has 19 heavy (non-hydrogen) atoms. The Bertz CT molecular complexity index is 724. The van der Waals surface area contributed by atoms with Crippen LogP contribution in [0.1, 0.15) is 0 Å². The normalized spacial score (nSPS) is 10.8. The number of thiophene rings is 1. The summed E-state index contributed by atoms with van der Waals surface area (Å²) in [7, 11) is 0. The summed E-state index contributed by atoms with van der Waals surface area (Å²) in [5.74, 6) is -0.286. The van der Waals surface area contributed by atoms with E-state index in [1.165, 1.54) is 23.5 Å². The lowest BCUT2D eigenvalue weighted by Gasteiger charge is -2.01. The van der Waals surface area contributed by atoms with Crippen LogP contribution in [0.25, 0.3) is 21.7 Å². The number of nitrogen functional groups attached to an aromatic ring is 1. The second kappa shape index (κ2) is 4.68. The van der Waals surface area contributed by atoms with Crippen molar-refractivity contribution in [3.63, 3.8) is 0 Å². The van der Waals surface area contributed by atoms with Crippen molar-refractivity contribution < 1.29 is 8.91 Å². The van der Waals surface area contributed by atoms with Gasteiger partial charge in [0.15, 0.2) is 0 Å². The van der Waals surface area contributed by atoms with Crippen LogP contribution in [-0.2, 0) is 0 Å². The maximum Gasteiger partial charge on any atom is 0.231 e. The van der Waals surface area contributed by atoms with E-state index in [0.29, 0.717) is 16.8 Å². The van der Waals surface area contributed by atoms with Crippen LogP contribution >= 0.6 is 22.9 Å². The third-order valence-corrected chi connectivity index (χ3v) is 3.87. The van der Waals surface area contributed by atoms with Gasteiger partial charge in [0.1, 0.15) is 11.5 Å². The molecule has 6 heteroatoms. The van der Waals surface area contributed by atoms with Crippen LogP contribution in [0.5, 0.6) is 0 Å². The van der Waals surface area contributed by atoms with Gasteiger partial charge in [-0.3, -0.25) is 0 Å². The van der Waals surface area contributed by atoms with E-state index in [1.807, 2.05) is 17.5 Å². The van der Waals surface area contributed by atoms with Gasteiger partial charge in [-0.1, -0.05) is 28.9 Å². The van der Waals surface area contributed by atoms with Crippen molar-refractivity contribution in [2.24, 2.45) is 0 Å². The number of hydrogen-bond acceptors (Lipinski definition) is 4. The highest BCUT2D eigenvalue weighted by Gasteiger charge is 2.18. The monoisotopic (exact) mass is 294 g/mol. The van der Waals surface area contributed by atoms with Gasteiger partial charge in [0.05, 0.1) is 10.6 Å². The molecule has 0 atom stereocenters.